The molecule has 0 radical (unpaired) electrons. The quantitative estimate of drug-likeness (QED) is 0.726. The molecule has 1 saturated heterocycles. The summed E-state index contributed by atoms with van der Waals surface area (Å²) in [6, 6.07) is 7.68. The van der Waals surface area contributed by atoms with Crippen LogP contribution >= 0.6 is 0 Å². The number of amides is 2. The molecule has 9 heteroatoms. The predicted octanol–water partition coefficient (Wildman–Crippen LogP) is 2.12. The third-order valence-corrected chi connectivity index (χ3v) is 6.56. The van der Waals surface area contributed by atoms with Gasteiger partial charge in [0.2, 0.25) is 15.9 Å². The summed E-state index contributed by atoms with van der Waals surface area (Å²) in [6.45, 7) is 8.13. The number of nitrogens with zero attached hydrogens (tertiary/aromatic N) is 1. The molecule has 0 aliphatic carbocycles. The molecule has 1 aromatic carbocycles. The van der Waals surface area contributed by atoms with Crippen molar-refractivity contribution in [1.29, 1.82) is 0 Å². The fraction of sp³-hybridized carbons (Fsp3) is 0.600. The van der Waals surface area contributed by atoms with Gasteiger partial charge in [-0.25, -0.2) is 13.2 Å². The Hall–Kier alpha value is -2.13. The van der Waals surface area contributed by atoms with Crippen LogP contribution in [0.2, 0.25) is 0 Å². The molecule has 8 nitrogen and oxygen atoms in total. The van der Waals surface area contributed by atoms with E-state index in [1.807, 2.05) is 0 Å². The van der Waals surface area contributed by atoms with E-state index in [0.717, 1.165) is 0 Å². The Labute approximate surface area is 173 Å². The molecule has 1 atom stereocenters. The first kappa shape index (κ1) is 23.2. The Bertz CT molecular complexity index is 797. The molecule has 162 valence electrons. The highest BCUT2D eigenvalue weighted by Gasteiger charge is 2.29. The van der Waals surface area contributed by atoms with Gasteiger partial charge in [-0.3, -0.25) is 4.79 Å². The normalized spacial score (nSPS) is 17.4. The Morgan fingerprint density at radius 2 is 1.76 bits per heavy atom. The van der Waals surface area contributed by atoms with Crippen LogP contribution in [0.3, 0.4) is 0 Å². The number of ether oxygens (including phenoxy) is 1. The Kier molecular flexibility index (Phi) is 7.65. The maximum absolute atomic E-state index is 12.7. The van der Waals surface area contributed by atoms with Crippen LogP contribution in [0.1, 0.15) is 40.5 Å². The van der Waals surface area contributed by atoms with Crippen LogP contribution in [-0.2, 0) is 19.6 Å². The van der Waals surface area contributed by atoms with Crippen molar-refractivity contribution in [1.82, 2.24) is 14.9 Å². The van der Waals surface area contributed by atoms with Crippen LogP contribution in [0.5, 0.6) is 0 Å². The summed E-state index contributed by atoms with van der Waals surface area (Å²) < 4.78 is 31.9. The van der Waals surface area contributed by atoms with Gasteiger partial charge in [0.25, 0.3) is 0 Å². The van der Waals surface area contributed by atoms with Gasteiger partial charge >= 0.3 is 6.09 Å². The topological polar surface area (TPSA) is 105 Å². The molecular weight excluding hydrogens is 394 g/mol. The van der Waals surface area contributed by atoms with Gasteiger partial charge in [-0.15, -0.1) is 0 Å². The SMILES string of the molecule is CC(NC(=O)OC(C)(C)C)C(=O)NCC1CCN(S(=O)(=O)c2ccccc2)CC1. The van der Waals surface area contributed by atoms with Crippen LogP contribution in [0.25, 0.3) is 0 Å². The zero-order valence-corrected chi connectivity index (χ0v) is 18.3. The van der Waals surface area contributed by atoms with Gasteiger partial charge in [0.05, 0.1) is 4.90 Å². The van der Waals surface area contributed by atoms with Crippen LogP contribution in [0, 0.1) is 5.92 Å². The van der Waals surface area contributed by atoms with Gasteiger partial charge in [-0.1, -0.05) is 18.2 Å². The second-order valence-corrected chi connectivity index (χ2v) is 10.2. The average molecular weight is 426 g/mol. The molecule has 2 N–H and O–H groups in total. The average Bonchev–Trinajstić information content (AvgIpc) is 2.65. The summed E-state index contributed by atoms with van der Waals surface area (Å²) >= 11 is 0. The van der Waals surface area contributed by atoms with Crippen LogP contribution in [0.4, 0.5) is 4.79 Å². The smallest absolute Gasteiger partial charge is 0.408 e. The largest absolute Gasteiger partial charge is 0.444 e. The van der Waals surface area contributed by atoms with Crippen molar-refractivity contribution in [3.63, 3.8) is 0 Å². The van der Waals surface area contributed by atoms with E-state index in [4.69, 9.17) is 4.74 Å². The maximum Gasteiger partial charge on any atom is 0.408 e. The Balaban J connectivity index is 1.77. The lowest BCUT2D eigenvalue weighted by atomic mass is 9.98. The lowest BCUT2D eigenvalue weighted by Crippen LogP contribution is -2.48. The fourth-order valence-electron chi connectivity index (χ4n) is 3.04. The summed E-state index contributed by atoms with van der Waals surface area (Å²) in [5.41, 5.74) is -0.631. The lowest BCUT2D eigenvalue weighted by molar-refractivity contribution is -0.123. The molecule has 2 rings (SSSR count). The molecule has 1 aromatic rings. The highest BCUT2D eigenvalue weighted by molar-refractivity contribution is 7.89. The van der Waals surface area contributed by atoms with E-state index in [1.165, 1.54) is 4.31 Å². The van der Waals surface area contributed by atoms with E-state index < -0.39 is 27.8 Å². The van der Waals surface area contributed by atoms with E-state index in [9.17, 15) is 18.0 Å². The molecule has 1 fully saturated rings. The zero-order chi connectivity index (χ0) is 21.7. The van der Waals surface area contributed by atoms with Crippen molar-refractivity contribution in [2.24, 2.45) is 5.92 Å². The number of carbonyl (C=O) groups excluding carboxylic acids is 2. The number of carbonyl (C=O) groups is 2. The van der Waals surface area contributed by atoms with Crippen molar-refractivity contribution in [3.05, 3.63) is 30.3 Å². The minimum Gasteiger partial charge on any atom is -0.444 e. The molecule has 1 aliphatic heterocycles. The number of hydrogen-bond acceptors (Lipinski definition) is 5. The van der Waals surface area contributed by atoms with Gasteiger partial charge in [0, 0.05) is 19.6 Å². The first-order chi connectivity index (χ1) is 13.5. The highest BCUT2D eigenvalue weighted by Crippen LogP contribution is 2.23. The molecule has 1 unspecified atom stereocenters. The van der Waals surface area contributed by atoms with Crippen molar-refractivity contribution >= 4 is 22.0 Å². The van der Waals surface area contributed by atoms with E-state index in [0.29, 0.717) is 37.4 Å². The van der Waals surface area contributed by atoms with E-state index in [1.54, 1.807) is 58.0 Å². The summed E-state index contributed by atoms with van der Waals surface area (Å²) in [5.74, 6) is -0.106. The van der Waals surface area contributed by atoms with Gasteiger partial charge in [0.15, 0.2) is 0 Å². The third-order valence-electron chi connectivity index (χ3n) is 4.65. The summed E-state index contributed by atoms with van der Waals surface area (Å²) in [4.78, 5) is 24.3. The summed E-state index contributed by atoms with van der Waals surface area (Å²) in [6.07, 6.45) is 0.694. The number of rotatable bonds is 6. The van der Waals surface area contributed by atoms with Crippen molar-refractivity contribution < 1.29 is 22.7 Å². The van der Waals surface area contributed by atoms with Crippen molar-refractivity contribution in [3.8, 4) is 0 Å². The molecule has 0 saturated carbocycles. The Morgan fingerprint density at radius 3 is 2.31 bits per heavy atom. The van der Waals surface area contributed by atoms with Crippen molar-refractivity contribution in [2.75, 3.05) is 19.6 Å². The molecule has 0 aromatic heterocycles. The molecule has 1 heterocycles. The second kappa shape index (κ2) is 9.58. The number of hydrogen-bond donors (Lipinski definition) is 2. The first-order valence-electron chi connectivity index (χ1n) is 9.81. The first-order valence-corrected chi connectivity index (χ1v) is 11.3. The lowest BCUT2D eigenvalue weighted by Gasteiger charge is -2.31. The maximum atomic E-state index is 12.7. The van der Waals surface area contributed by atoms with Gasteiger partial charge < -0.3 is 15.4 Å². The number of nitrogens with one attached hydrogen (secondary N) is 2. The number of sulfonamides is 1. The summed E-state index contributed by atoms with van der Waals surface area (Å²) in [5, 5.41) is 5.34. The van der Waals surface area contributed by atoms with E-state index >= 15 is 0 Å². The molecule has 1 aliphatic rings. The standard InChI is InChI=1S/C20H31N3O5S/c1-15(22-19(25)28-20(2,3)4)18(24)21-14-16-10-12-23(13-11-16)29(26,27)17-8-6-5-7-9-17/h5-9,15-16H,10-14H2,1-4H3,(H,21,24)(H,22,25). The van der Waals surface area contributed by atoms with E-state index in [-0.39, 0.29) is 11.8 Å². The van der Waals surface area contributed by atoms with Crippen LogP contribution < -0.4 is 10.6 Å². The zero-order valence-electron chi connectivity index (χ0n) is 17.5. The minimum absolute atomic E-state index is 0.190. The molecule has 0 spiro atoms. The second-order valence-electron chi connectivity index (χ2n) is 8.27. The third kappa shape index (κ3) is 7.01. The van der Waals surface area contributed by atoms with Crippen molar-refractivity contribution in [2.45, 2.75) is 57.1 Å². The fourth-order valence-corrected chi connectivity index (χ4v) is 4.53. The molecule has 2 amide bonds. The minimum atomic E-state index is -3.47. The molecule has 0 bridgehead atoms. The monoisotopic (exact) mass is 425 g/mol. The molecule has 29 heavy (non-hydrogen) atoms. The predicted molar refractivity (Wildman–Crippen MR) is 110 cm³/mol. The van der Waals surface area contributed by atoms with Gasteiger partial charge in [0.1, 0.15) is 11.6 Å². The van der Waals surface area contributed by atoms with Crippen LogP contribution in [-0.4, -0.2) is 56.0 Å². The molecular formula is C20H31N3O5S. The van der Waals surface area contributed by atoms with Gasteiger partial charge in [-0.05, 0) is 58.6 Å². The van der Waals surface area contributed by atoms with Gasteiger partial charge in [-0.2, -0.15) is 4.31 Å². The van der Waals surface area contributed by atoms with E-state index in [2.05, 4.69) is 10.6 Å². The van der Waals surface area contributed by atoms with Crippen LogP contribution in [0.15, 0.2) is 35.2 Å². The summed E-state index contributed by atoms with van der Waals surface area (Å²) in [7, 11) is -3.47. The number of benzene rings is 1. The Morgan fingerprint density at radius 1 is 1.17 bits per heavy atom. The highest BCUT2D eigenvalue weighted by atomic mass is 32.2. The number of alkyl carbamates (subject to hydrolysis) is 1. The number of piperidine rings is 1.